The Morgan fingerprint density at radius 1 is 0.737 bits per heavy atom. The fourth-order valence-corrected chi connectivity index (χ4v) is 3.65. The molecule has 0 aliphatic heterocycles. The van der Waals surface area contributed by atoms with Crippen molar-refractivity contribution in [3.63, 3.8) is 0 Å². The van der Waals surface area contributed by atoms with E-state index in [0.717, 1.165) is 39.1 Å². The van der Waals surface area contributed by atoms with Crippen LogP contribution in [-0.2, 0) is 32.3 Å². The fourth-order valence-electron chi connectivity index (χ4n) is 3.65. The van der Waals surface area contributed by atoms with Crippen LogP contribution in [0, 0.1) is 0 Å². The summed E-state index contributed by atoms with van der Waals surface area (Å²) in [5.74, 6) is -0.957. The van der Waals surface area contributed by atoms with Crippen molar-refractivity contribution in [2.24, 2.45) is 0 Å². The fraction of sp³-hybridized carbons (Fsp3) is 0.0938. The number of carbonyl (C=O) groups excluding carboxylic acids is 3. The van der Waals surface area contributed by atoms with Crippen molar-refractivity contribution in [1.29, 1.82) is 0 Å². The van der Waals surface area contributed by atoms with Gasteiger partial charge < -0.3 is 14.2 Å². The molecule has 4 rings (SSSR count). The van der Waals surface area contributed by atoms with Gasteiger partial charge >= 0.3 is 17.9 Å². The number of ether oxygens (including phenoxy) is 3. The highest BCUT2D eigenvalue weighted by atomic mass is 16.5. The number of hydrogen-bond acceptors (Lipinski definition) is 6. The molecule has 0 saturated carbocycles. The van der Waals surface area contributed by atoms with Gasteiger partial charge in [-0.1, -0.05) is 67.8 Å². The van der Waals surface area contributed by atoms with Crippen LogP contribution in [0.15, 0.2) is 110 Å². The summed E-state index contributed by atoms with van der Waals surface area (Å²) in [6, 6.07) is 26.0. The summed E-state index contributed by atoms with van der Waals surface area (Å²) >= 11 is 0. The summed E-state index contributed by atoms with van der Waals surface area (Å²) < 4.78 is 15.7. The molecule has 0 heterocycles. The first-order valence-electron chi connectivity index (χ1n) is 11.9. The lowest BCUT2D eigenvalue weighted by Crippen LogP contribution is -2.08. The summed E-state index contributed by atoms with van der Waals surface area (Å²) in [6.07, 6.45) is 1.10. The van der Waals surface area contributed by atoms with Crippen LogP contribution in [0.5, 0.6) is 5.75 Å². The first-order chi connectivity index (χ1) is 18.3. The van der Waals surface area contributed by atoms with Crippen LogP contribution < -0.4 is 4.74 Å². The van der Waals surface area contributed by atoms with Crippen LogP contribution in [0.3, 0.4) is 0 Å². The normalized spacial score (nSPS) is 10.4. The summed E-state index contributed by atoms with van der Waals surface area (Å²) in [6.45, 7) is 8.84. The molecule has 0 spiro atoms. The molecule has 0 bridgehead atoms. The zero-order valence-electron chi connectivity index (χ0n) is 20.9. The van der Waals surface area contributed by atoms with E-state index in [1.807, 2.05) is 48.5 Å². The monoisotopic (exact) mass is 506 g/mol. The van der Waals surface area contributed by atoms with E-state index in [2.05, 4.69) is 19.2 Å². The van der Waals surface area contributed by atoms with Gasteiger partial charge in [-0.05, 0) is 70.3 Å². The Morgan fingerprint density at radius 2 is 1.32 bits per heavy atom. The molecule has 0 fully saturated rings. The minimum atomic E-state index is -0.506. The number of fused-ring (bicyclic) bond motifs is 1. The molecule has 0 radical (unpaired) electrons. The maximum absolute atomic E-state index is 12.6. The molecule has 4 aromatic rings. The van der Waals surface area contributed by atoms with Crippen LogP contribution in [0.1, 0.15) is 28.4 Å². The molecule has 190 valence electrons. The summed E-state index contributed by atoms with van der Waals surface area (Å²) in [5.41, 5.74) is 4.46. The van der Waals surface area contributed by atoms with Crippen molar-refractivity contribution in [2.75, 3.05) is 0 Å². The Hall–Kier alpha value is -4.97. The van der Waals surface area contributed by atoms with Crippen LogP contribution in [0.2, 0.25) is 0 Å². The van der Waals surface area contributed by atoms with E-state index >= 15 is 0 Å². The molecule has 0 saturated heterocycles. The highest BCUT2D eigenvalue weighted by Crippen LogP contribution is 2.28. The molecule has 0 atom stereocenters. The smallest absolute Gasteiger partial charge is 0.343 e. The van der Waals surface area contributed by atoms with E-state index in [-0.39, 0.29) is 13.2 Å². The lowest BCUT2D eigenvalue weighted by Gasteiger charge is -2.09. The number of rotatable bonds is 9. The first-order valence-corrected chi connectivity index (χ1v) is 11.9. The molecule has 38 heavy (non-hydrogen) atoms. The molecular formula is C32H26O6. The third-order valence-electron chi connectivity index (χ3n) is 5.77. The molecule has 6 nitrogen and oxygen atoms in total. The van der Waals surface area contributed by atoms with E-state index in [1.165, 1.54) is 0 Å². The van der Waals surface area contributed by atoms with E-state index < -0.39 is 17.9 Å². The van der Waals surface area contributed by atoms with Crippen molar-refractivity contribution in [3.8, 4) is 16.9 Å². The lowest BCUT2D eigenvalue weighted by atomic mass is 10.0. The van der Waals surface area contributed by atoms with Gasteiger partial charge in [0.15, 0.2) is 0 Å². The molecule has 0 N–H and O–H groups in total. The Labute approximate surface area is 220 Å². The minimum Gasteiger partial charge on any atom is -0.458 e. The molecule has 0 aliphatic rings. The van der Waals surface area contributed by atoms with Crippen LogP contribution in [0.25, 0.3) is 21.9 Å². The van der Waals surface area contributed by atoms with Crippen molar-refractivity contribution in [3.05, 3.63) is 126 Å². The largest absolute Gasteiger partial charge is 0.458 e. The average molecular weight is 507 g/mol. The van der Waals surface area contributed by atoms with Gasteiger partial charge in [0, 0.05) is 11.6 Å². The van der Waals surface area contributed by atoms with E-state index in [0.29, 0.717) is 16.9 Å². The minimum absolute atomic E-state index is 0.0991. The van der Waals surface area contributed by atoms with Crippen molar-refractivity contribution in [2.45, 2.75) is 20.1 Å². The summed E-state index contributed by atoms with van der Waals surface area (Å²) in [4.78, 5) is 35.4. The predicted molar refractivity (Wildman–Crippen MR) is 145 cm³/mol. The predicted octanol–water partition coefficient (Wildman–Crippen LogP) is 6.57. The quantitative estimate of drug-likeness (QED) is 0.145. The molecule has 0 aliphatic carbocycles. The van der Waals surface area contributed by atoms with Crippen molar-refractivity contribution >= 4 is 28.7 Å². The van der Waals surface area contributed by atoms with Gasteiger partial charge in [-0.3, -0.25) is 0 Å². The maximum Gasteiger partial charge on any atom is 0.343 e. The zero-order valence-corrected chi connectivity index (χ0v) is 20.9. The molecule has 0 unspecified atom stereocenters. The highest BCUT2D eigenvalue weighted by molar-refractivity contribution is 5.93. The second-order valence-corrected chi connectivity index (χ2v) is 8.68. The zero-order chi connectivity index (χ0) is 27.1. The van der Waals surface area contributed by atoms with Crippen LogP contribution in [-0.4, -0.2) is 17.9 Å². The molecule has 0 amide bonds. The topological polar surface area (TPSA) is 78.9 Å². The number of carbonyl (C=O) groups is 3. The third-order valence-corrected chi connectivity index (χ3v) is 5.77. The Morgan fingerprint density at radius 3 is 1.97 bits per heavy atom. The maximum atomic E-state index is 12.6. The lowest BCUT2D eigenvalue weighted by molar-refractivity contribution is -0.140. The molecule has 0 aromatic heterocycles. The molecule has 6 heteroatoms. The van der Waals surface area contributed by atoms with Gasteiger partial charge in [0.2, 0.25) is 0 Å². The number of esters is 3. The van der Waals surface area contributed by atoms with Gasteiger partial charge in [-0.15, -0.1) is 0 Å². The van der Waals surface area contributed by atoms with Crippen LogP contribution >= 0.6 is 0 Å². The van der Waals surface area contributed by atoms with Gasteiger partial charge in [0.1, 0.15) is 19.0 Å². The molecule has 4 aromatic carbocycles. The SMILES string of the molecule is C=CC(=O)OCc1ccc(C(=O)Oc2ccc3cc(-c4ccc(COC(=O)C(=C)C)cc4)ccc3c2)cc1. The van der Waals surface area contributed by atoms with E-state index in [4.69, 9.17) is 14.2 Å². The third kappa shape index (κ3) is 6.62. The second kappa shape index (κ2) is 11.8. The van der Waals surface area contributed by atoms with Crippen molar-refractivity contribution < 1.29 is 28.6 Å². The molecular weight excluding hydrogens is 480 g/mol. The second-order valence-electron chi connectivity index (χ2n) is 8.68. The Balaban J connectivity index is 1.40. The van der Waals surface area contributed by atoms with Gasteiger partial charge in [-0.25, -0.2) is 14.4 Å². The Bertz CT molecular complexity index is 1510. The van der Waals surface area contributed by atoms with E-state index in [9.17, 15) is 14.4 Å². The highest BCUT2D eigenvalue weighted by Gasteiger charge is 2.10. The van der Waals surface area contributed by atoms with E-state index in [1.54, 1.807) is 37.3 Å². The van der Waals surface area contributed by atoms with Crippen molar-refractivity contribution in [1.82, 2.24) is 0 Å². The summed E-state index contributed by atoms with van der Waals surface area (Å²) in [7, 11) is 0. The van der Waals surface area contributed by atoms with Gasteiger partial charge in [0.05, 0.1) is 5.56 Å². The van der Waals surface area contributed by atoms with Gasteiger partial charge in [0.25, 0.3) is 0 Å². The number of hydrogen-bond donors (Lipinski definition) is 0. The Kier molecular flexibility index (Phi) is 8.14. The average Bonchev–Trinajstić information content (AvgIpc) is 2.94. The summed E-state index contributed by atoms with van der Waals surface area (Å²) in [5, 5.41) is 1.93. The van der Waals surface area contributed by atoms with Crippen LogP contribution in [0.4, 0.5) is 0 Å². The standard InChI is InChI=1S/C32H26O6/c1-4-30(33)36-19-22-7-11-25(12-8-22)32(35)38-29-16-15-27-17-26(13-14-28(27)18-29)24-9-5-23(6-10-24)20-37-31(34)21(2)3/h4-18H,1-2,19-20H2,3H3. The number of benzene rings is 4. The van der Waals surface area contributed by atoms with Gasteiger partial charge in [-0.2, -0.15) is 0 Å². The first kappa shape index (κ1) is 26.1.